The fraction of sp³-hybridized carbons (Fsp3) is 0.800. The van der Waals surface area contributed by atoms with Crippen molar-refractivity contribution in [2.45, 2.75) is 26.7 Å². The first-order valence-electron chi connectivity index (χ1n) is 4.52. The first-order chi connectivity index (χ1) is 5.64. The Bertz CT molecular complexity index is 180. The molecule has 0 saturated heterocycles. The molecule has 0 spiro atoms. The number of hydrogen-bond donors (Lipinski definition) is 2. The van der Waals surface area contributed by atoms with Gasteiger partial charge in [0.25, 0.3) is 0 Å². The van der Waals surface area contributed by atoms with Gasteiger partial charge in [0.1, 0.15) is 0 Å². The number of hydrogen-bond acceptors (Lipinski definition) is 2. The van der Waals surface area contributed by atoms with E-state index < -0.39 is 0 Å². The summed E-state index contributed by atoms with van der Waals surface area (Å²) in [6, 6.07) is 0. The molecule has 0 heterocycles. The number of allylic oxidation sites excluding steroid dienone is 2. The molecule has 0 fully saturated rings. The van der Waals surface area contributed by atoms with Crippen molar-refractivity contribution in [2.75, 3.05) is 13.2 Å². The van der Waals surface area contributed by atoms with E-state index in [1.54, 1.807) is 0 Å². The largest absolute Gasteiger partial charge is 0.396 e. The van der Waals surface area contributed by atoms with E-state index in [4.69, 9.17) is 0 Å². The predicted molar refractivity (Wildman–Crippen MR) is 48.8 cm³/mol. The minimum Gasteiger partial charge on any atom is -0.396 e. The highest BCUT2D eigenvalue weighted by molar-refractivity contribution is 5.10. The van der Waals surface area contributed by atoms with Crippen LogP contribution in [0.1, 0.15) is 26.7 Å². The Kier molecular flexibility index (Phi) is 2.91. The molecule has 0 aromatic heterocycles. The van der Waals surface area contributed by atoms with Crippen LogP contribution in [0.3, 0.4) is 0 Å². The van der Waals surface area contributed by atoms with Gasteiger partial charge in [-0.25, -0.2) is 0 Å². The molecule has 2 N–H and O–H groups in total. The summed E-state index contributed by atoms with van der Waals surface area (Å²) in [6.45, 7) is 4.34. The molecule has 1 unspecified atom stereocenters. The lowest BCUT2D eigenvalue weighted by Gasteiger charge is -2.39. The van der Waals surface area contributed by atoms with E-state index in [1.807, 2.05) is 0 Å². The van der Waals surface area contributed by atoms with Crippen LogP contribution in [0.15, 0.2) is 11.6 Å². The molecule has 1 rings (SSSR count). The summed E-state index contributed by atoms with van der Waals surface area (Å²) in [7, 11) is 0. The molecule has 70 valence electrons. The fourth-order valence-electron chi connectivity index (χ4n) is 1.90. The maximum atomic E-state index is 9.24. The average molecular weight is 170 g/mol. The van der Waals surface area contributed by atoms with E-state index in [9.17, 15) is 10.2 Å². The van der Waals surface area contributed by atoms with Crippen molar-refractivity contribution >= 4 is 0 Å². The Labute approximate surface area is 73.9 Å². The number of rotatable bonds is 2. The van der Waals surface area contributed by atoms with Crippen molar-refractivity contribution in [3.8, 4) is 0 Å². The summed E-state index contributed by atoms with van der Waals surface area (Å²) < 4.78 is 0. The summed E-state index contributed by atoms with van der Waals surface area (Å²) in [5, 5.41) is 18.5. The van der Waals surface area contributed by atoms with Crippen molar-refractivity contribution in [3.05, 3.63) is 11.6 Å². The van der Waals surface area contributed by atoms with Crippen LogP contribution in [0, 0.1) is 11.3 Å². The van der Waals surface area contributed by atoms with Gasteiger partial charge in [0, 0.05) is 5.41 Å². The second-order valence-electron chi connectivity index (χ2n) is 4.04. The second-order valence-corrected chi connectivity index (χ2v) is 4.04. The Morgan fingerprint density at radius 3 is 2.50 bits per heavy atom. The van der Waals surface area contributed by atoms with E-state index in [0.29, 0.717) is 5.92 Å². The average Bonchev–Trinajstić information content (AvgIpc) is 2.09. The van der Waals surface area contributed by atoms with Gasteiger partial charge in [-0.1, -0.05) is 18.6 Å². The molecule has 0 bridgehead atoms. The Hall–Kier alpha value is -0.340. The van der Waals surface area contributed by atoms with Gasteiger partial charge < -0.3 is 10.2 Å². The third kappa shape index (κ3) is 1.54. The quantitative estimate of drug-likeness (QED) is 0.614. The highest BCUT2D eigenvalue weighted by Crippen LogP contribution is 2.39. The van der Waals surface area contributed by atoms with E-state index >= 15 is 0 Å². The van der Waals surface area contributed by atoms with Gasteiger partial charge in [-0.05, 0) is 25.7 Å². The summed E-state index contributed by atoms with van der Waals surface area (Å²) in [4.78, 5) is 0. The Morgan fingerprint density at radius 2 is 2.08 bits per heavy atom. The summed E-state index contributed by atoms with van der Waals surface area (Å²) in [5.74, 6) is 0.385. The molecular formula is C10H18O2. The van der Waals surface area contributed by atoms with Crippen LogP contribution in [-0.2, 0) is 0 Å². The van der Waals surface area contributed by atoms with Gasteiger partial charge in [0.05, 0.1) is 13.2 Å². The van der Waals surface area contributed by atoms with Crippen molar-refractivity contribution in [3.63, 3.8) is 0 Å². The predicted octanol–water partition coefficient (Wildman–Crippen LogP) is 1.33. The molecule has 12 heavy (non-hydrogen) atoms. The molecule has 0 amide bonds. The van der Waals surface area contributed by atoms with Crippen LogP contribution >= 0.6 is 0 Å². The molecule has 0 aromatic carbocycles. The van der Waals surface area contributed by atoms with E-state index in [1.165, 1.54) is 5.57 Å². The molecule has 0 saturated carbocycles. The highest BCUT2D eigenvalue weighted by Gasteiger charge is 2.36. The minimum atomic E-state index is -0.265. The molecule has 1 aliphatic rings. The summed E-state index contributed by atoms with van der Waals surface area (Å²) >= 11 is 0. The topological polar surface area (TPSA) is 40.5 Å². The third-order valence-electron chi connectivity index (χ3n) is 3.13. The zero-order chi connectivity index (χ0) is 9.19. The SMILES string of the molecule is CC1=CCC(C)C(CO)(CO)C1. The highest BCUT2D eigenvalue weighted by atomic mass is 16.3. The lowest BCUT2D eigenvalue weighted by atomic mass is 9.68. The van der Waals surface area contributed by atoms with Gasteiger partial charge in [-0.15, -0.1) is 0 Å². The molecule has 1 aliphatic carbocycles. The van der Waals surface area contributed by atoms with Crippen LogP contribution < -0.4 is 0 Å². The monoisotopic (exact) mass is 170 g/mol. The van der Waals surface area contributed by atoms with E-state index in [2.05, 4.69) is 19.9 Å². The van der Waals surface area contributed by atoms with Crippen molar-refractivity contribution in [1.29, 1.82) is 0 Å². The molecule has 1 atom stereocenters. The maximum absolute atomic E-state index is 9.24. The van der Waals surface area contributed by atoms with Crippen LogP contribution in [0.2, 0.25) is 0 Å². The fourth-order valence-corrected chi connectivity index (χ4v) is 1.90. The van der Waals surface area contributed by atoms with Crippen LogP contribution in [-0.4, -0.2) is 23.4 Å². The van der Waals surface area contributed by atoms with Gasteiger partial charge >= 0.3 is 0 Å². The Morgan fingerprint density at radius 1 is 1.50 bits per heavy atom. The maximum Gasteiger partial charge on any atom is 0.0515 e. The standard InChI is InChI=1S/C10H18O2/c1-8-3-4-9(2)10(5-8,6-11)7-12/h3,9,11-12H,4-7H2,1-2H3. The first-order valence-corrected chi connectivity index (χ1v) is 4.52. The minimum absolute atomic E-state index is 0.0931. The molecule has 2 heteroatoms. The molecule has 0 aromatic rings. The van der Waals surface area contributed by atoms with Crippen LogP contribution in [0.5, 0.6) is 0 Å². The van der Waals surface area contributed by atoms with Crippen LogP contribution in [0.25, 0.3) is 0 Å². The van der Waals surface area contributed by atoms with E-state index in [-0.39, 0.29) is 18.6 Å². The van der Waals surface area contributed by atoms with E-state index in [0.717, 1.165) is 12.8 Å². The van der Waals surface area contributed by atoms with Gasteiger partial charge in [-0.3, -0.25) is 0 Å². The normalized spacial score (nSPS) is 28.3. The lowest BCUT2D eigenvalue weighted by Crippen LogP contribution is -2.38. The number of aliphatic hydroxyl groups is 2. The van der Waals surface area contributed by atoms with Gasteiger partial charge in [0.15, 0.2) is 0 Å². The molecule has 0 radical (unpaired) electrons. The summed E-state index contributed by atoms with van der Waals surface area (Å²) in [6.07, 6.45) is 4.02. The number of aliphatic hydroxyl groups excluding tert-OH is 2. The Balaban J connectivity index is 2.80. The molecular weight excluding hydrogens is 152 g/mol. The van der Waals surface area contributed by atoms with Crippen molar-refractivity contribution < 1.29 is 10.2 Å². The zero-order valence-corrected chi connectivity index (χ0v) is 7.88. The first kappa shape index (κ1) is 9.75. The lowest BCUT2D eigenvalue weighted by molar-refractivity contribution is 0.00625. The summed E-state index contributed by atoms with van der Waals surface area (Å²) in [5.41, 5.74) is 1.02. The second kappa shape index (κ2) is 3.58. The third-order valence-corrected chi connectivity index (χ3v) is 3.13. The van der Waals surface area contributed by atoms with Crippen molar-refractivity contribution in [1.82, 2.24) is 0 Å². The van der Waals surface area contributed by atoms with Crippen molar-refractivity contribution in [2.24, 2.45) is 11.3 Å². The van der Waals surface area contributed by atoms with Gasteiger partial charge in [0.2, 0.25) is 0 Å². The van der Waals surface area contributed by atoms with Gasteiger partial charge in [-0.2, -0.15) is 0 Å². The molecule has 0 aliphatic heterocycles. The smallest absolute Gasteiger partial charge is 0.0515 e. The molecule has 2 nitrogen and oxygen atoms in total. The zero-order valence-electron chi connectivity index (χ0n) is 7.88. The van der Waals surface area contributed by atoms with Crippen LogP contribution in [0.4, 0.5) is 0 Å².